The van der Waals surface area contributed by atoms with Gasteiger partial charge in [-0.05, 0) is 29.9 Å². The Morgan fingerprint density at radius 2 is 1.83 bits per heavy atom. The maximum Gasteiger partial charge on any atom is 0.186 e. The zero-order valence-corrected chi connectivity index (χ0v) is 18.3. The number of aromatic carboxylic acids is 1. The first-order valence-electron chi connectivity index (χ1n) is 10.6. The molecule has 4 rings (SSSR count). The van der Waals surface area contributed by atoms with E-state index in [0.29, 0.717) is 18.5 Å². The molecule has 1 aliphatic rings. The molecule has 30 heavy (non-hydrogen) atoms. The number of benzene rings is 2. The summed E-state index contributed by atoms with van der Waals surface area (Å²) in [5, 5.41) is 14.6. The summed E-state index contributed by atoms with van der Waals surface area (Å²) >= 11 is 1.64. The highest BCUT2D eigenvalue weighted by Crippen LogP contribution is 2.35. The van der Waals surface area contributed by atoms with Gasteiger partial charge in [0.05, 0.1) is 11.7 Å². The molecule has 5 heteroatoms. The van der Waals surface area contributed by atoms with Gasteiger partial charge in [-0.25, -0.2) is 4.98 Å². The summed E-state index contributed by atoms with van der Waals surface area (Å²) < 4.78 is 0. The number of nitrogens with zero attached hydrogens (tertiary/aromatic N) is 2. The number of aromatic nitrogens is 1. The Morgan fingerprint density at radius 3 is 2.50 bits per heavy atom. The van der Waals surface area contributed by atoms with Gasteiger partial charge in [0, 0.05) is 29.1 Å². The Morgan fingerprint density at radius 1 is 1.13 bits per heavy atom. The fourth-order valence-electron chi connectivity index (χ4n) is 4.18. The van der Waals surface area contributed by atoms with E-state index < -0.39 is 5.97 Å². The highest BCUT2D eigenvalue weighted by atomic mass is 32.1. The molecule has 2 aromatic carbocycles. The lowest BCUT2D eigenvalue weighted by Gasteiger charge is -2.29. The van der Waals surface area contributed by atoms with Crippen molar-refractivity contribution in [2.75, 3.05) is 4.90 Å². The first-order valence-corrected chi connectivity index (χ1v) is 11.5. The molecule has 0 aliphatic heterocycles. The van der Waals surface area contributed by atoms with Crippen molar-refractivity contribution < 1.29 is 9.90 Å². The quantitative estimate of drug-likeness (QED) is 0.525. The minimum absolute atomic E-state index is 0.265. The second-order valence-electron chi connectivity index (χ2n) is 8.30. The van der Waals surface area contributed by atoms with Crippen LogP contribution in [0.3, 0.4) is 0 Å². The number of anilines is 1. The molecule has 0 radical (unpaired) electrons. The topological polar surface area (TPSA) is 56.3 Å². The van der Waals surface area contributed by atoms with Crippen LogP contribution in [0.5, 0.6) is 0 Å². The van der Waals surface area contributed by atoms with Crippen molar-refractivity contribution in [3.63, 3.8) is 0 Å². The number of hydrogen-bond acceptors (Lipinski definition) is 5. The summed E-state index contributed by atoms with van der Waals surface area (Å²) in [5.41, 5.74) is 4.45. The van der Waals surface area contributed by atoms with Crippen molar-refractivity contribution in [3.8, 4) is 11.3 Å². The van der Waals surface area contributed by atoms with Gasteiger partial charge in [-0.1, -0.05) is 75.2 Å². The molecule has 0 N–H and O–H groups in total. The Bertz CT molecular complexity index is 1000. The first-order chi connectivity index (χ1) is 14.5. The van der Waals surface area contributed by atoms with Crippen molar-refractivity contribution in [1.29, 1.82) is 0 Å². The van der Waals surface area contributed by atoms with Gasteiger partial charge in [-0.3, -0.25) is 0 Å². The third-order valence-electron chi connectivity index (χ3n) is 5.95. The van der Waals surface area contributed by atoms with Crippen molar-refractivity contribution in [2.24, 2.45) is 0 Å². The van der Waals surface area contributed by atoms with E-state index in [-0.39, 0.29) is 5.56 Å². The molecule has 3 aromatic rings. The summed E-state index contributed by atoms with van der Waals surface area (Å²) in [4.78, 5) is 18.8. The van der Waals surface area contributed by atoms with E-state index in [2.05, 4.69) is 48.4 Å². The van der Waals surface area contributed by atoms with Crippen LogP contribution in [0.2, 0.25) is 0 Å². The maximum atomic E-state index is 11.6. The van der Waals surface area contributed by atoms with Crippen molar-refractivity contribution in [1.82, 2.24) is 4.98 Å². The van der Waals surface area contributed by atoms with Crippen molar-refractivity contribution in [2.45, 2.75) is 58.0 Å². The molecule has 4 nitrogen and oxygen atoms in total. The van der Waals surface area contributed by atoms with E-state index in [4.69, 9.17) is 4.98 Å². The standard InChI is InChI=1S/C25H28N2O2S/c1-17(2)18-11-13-19(14-12-18)23-16-30-25(26-23)27(21-8-4-5-9-21)15-20-7-3-6-10-22(20)24(28)29/h3,6-7,10-14,16-17,21H,4-5,8-9,15H2,1-2H3,(H,28,29)/p-1. The van der Waals surface area contributed by atoms with Crippen LogP contribution in [0.1, 0.15) is 66.9 Å². The van der Waals surface area contributed by atoms with Crippen LogP contribution in [0, 0.1) is 0 Å². The average molecular weight is 420 g/mol. The Labute approximate surface area is 182 Å². The minimum Gasteiger partial charge on any atom is -0.545 e. The van der Waals surface area contributed by atoms with Crippen LogP contribution in [-0.2, 0) is 6.54 Å². The third-order valence-corrected chi connectivity index (χ3v) is 6.83. The van der Waals surface area contributed by atoms with Gasteiger partial charge in [-0.2, -0.15) is 0 Å². The Hall–Kier alpha value is -2.66. The molecule has 1 fully saturated rings. The number of thiazole rings is 1. The third kappa shape index (κ3) is 4.41. The largest absolute Gasteiger partial charge is 0.545 e. The van der Waals surface area contributed by atoms with Crippen LogP contribution in [0.4, 0.5) is 5.13 Å². The molecule has 0 saturated heterocycles. The number of carbonyl (C=O) groups excluding carboxylic acids is 1. The Kier molecular flexibility index (Phi) is 6.18. The molecular weight excluding hydrogens is 392 g/mol. The molecule has 156 valence electrons. The van der Waals surface area contributed by atoms with Crippen LogP contribution in [-0.4, -0.2) is 17.0 Å². The van der Waals surface area contributed by atoms with Crippen LogP contribution < -0.4 is 10.0 Å². The summed E-state index contributed by atoms with van der Waals surface area (Å²) in [5.74, 6) is -0.617. The lowest BCUT2D eigenvalue weighted by Crippen LogP contribution is -2.34. The van der Waals surface area contributed by atoms with Crippen LogP contribution in [0.15, 0.2) is 53.9 Å². The van der Waals surface area contributed by atoms with E-state index >= 15 is 0 Å². The molecular formula is C25H27N2O2S-. The second-order valence-corrected chi connectivity index (χ2v) is 9.14. The zero-order chi connectivity index (χ0) is 21.1. The lowest BCUT2D eigenvalue weighted by molar-refractivity contribution is -0.255. The van der Waals surface area contributed by atoms with E-state index in [0.717, 1.165) is 34.8 Å². The van der Waals surface area contributed by atoms with E-state index in [1.165, 1.54) is 18.4 Å². The van der Waals surface area contributed by atoms with Gasteiger partial charge < -0.3 is 14.8 Å². The summed E-state index contributed by atoms with van der Waals surface area (Å²) in [6.07, 6.45) is 4.65. The second kappa shape index (κ2) is 9.00. The van der Waals surface area contributed by atoms with Crippen LogP contribution in [0.25, 0.3) is 11.3 Å². The summed E-state index contributed by atoms with van der Waals surface area (Å²) in [6, 6.07) is 16.1. The normalized spacial score (nSPS) is 14.4. The summed E-state index contributed by atoms with van der Waals surface area (Å²) in [7, 11) is 0. The molecule has 1 aromatic heterocycles. The van der Waals surface area contributed by atoms with Gasteiger partial charge >= 0.3 is 0 Å². The smallest absolute Gasteiger partial charge is 0.186 e. The molecule has 1 aliphatic carbocycles. The minimum atomic E-state index is -1.12. The monoisotopic (exact) mass is 419 g/mol. The van der Waals surface area contributed by atoms with Crippen LogP contribution >= 0.6 is 11.3 Å². The maximum absolute atomic E-state index is 11.6. The fourth-order valence-corrected chi connectivity index (χ4v) is 5.08. The highest BCUT2D eigenvalue weighted by molar-refractivity contribution is 7.14. The summed E-state index contributed by atoms with van der Waals surface area (Å²) in [6.45, 7) is 4.92. The number of carboxylic acids is 1. The molecule has 1 saturated carbocycles. The predicted octanol–water partition coefficient (Wildman–Crippen LogP) is 5.25. The number of carboxylic acid groups (broad SMARTS) is 1. The van der Waals surface area contributed by atoms with E-state index in [1.807, 2.05) is 12.1 Å². The van der Waals surface area contributed by atoms with Gasteiger partial charge in [-0.15, -0.1) is 11.3 Å². The molecule has 0 atom stereocenters. The molecule has 0 amide bonds. The van der Waals surface area contributed by atoms with Gasteiger partial charge in [0.25, 0.3) is 0 Å². The van der Waals surface area contributed by atoms with Gasteiger partial charge in [0.15, 0.2) is 5.13 Å². The van der Waals surface area contributed by atoms with Gasteiger partial charge in [0.1, 0.15) is 0 Å². The predicted molar refractivity (Wildman–Crippen MR) is 121 cm³/mol. The zero-order valence-electron chi connectivity index (χ0n) is 17.5. The number of rotatable bonds is 7. The van der Waals surface area contributed by atoms with Crippen molar-refractivity contribution in [3.05, 3.63) is 70.6 Å². The molecule has 0 spiro atoms. The highest BCUT2D eigenvalue weighted by Gasteiger charge is 2.26. The fraction of sp³-hybridized carbons (Fsp3) is 0.360. The van der Waals surface area contributed by atoms with Gasteiger partial charge in [0.2, 0.25) is 0 Å². The SMILES string of the molecule is CC(C)c1ccc(-c2csc(N(Cc3ccccc3C(=O)[O-])C3CCCC3)n2)cc1. The Balaban J connectivity index is 1.63. The van der Waals surface area contributed by atoms with Crippen molar-refractivity contribution >= 4 is 22.4 Å². The number of carbonyl (C=O) groups is 1. The lowest BCUT2D eigenvalue weighted by atomic mass is 10.0. The average Bonchev–Trinajstić information content (AvgIpc) is 3.45. The van der Waals surface area contributed by atoms with E-state index in [1.54, 1.807) is 23.5 Å². The molecule has 1 heterocycles. The first kappa shape index (κ1) is 20.6. The van der Waals surface area contributed by atoms with E-state index in [9.17, 15) is 9.90 Å². The molecule has 0 bridgehead atoms. The number of hydrogen-bond donors (Lipinski definition) is 0. The molecule has 0 unspecified atom stereocenters.